The molecule has 6 heteroatoms. The van der Waals surface area contributed by atoms with E-state index in [9.17, 15) is 4.79 Å². The third-order valence-corrected chi connectivity index (χ3v) is 6.18. The van der Waals surface area contributed by atoms with Gasteiger partial charge in [0, 0.05) is 38.9 Å². The summed E-state index contributed by atoms with van der Waals surface area (Å²) in [5.41, 5.74) is 4.99. The molecular formula is C26H22Cl2N2O2. The number of aryl methyl sites for hydroxylation is 2. The molecule has 4 nitrogen and oxygen atoms in total. The van der Waals surface area contributed by atoms with Crippen molar-refractivity contribution in [3.63, 3.8) is 0 Å². The summed E-state index contributed by atoms with van der Waals surface area (Å²) in [6, 6.07) is 21.0. The van der Waals surface area contributed by atoms with Crippen LogP contribution in [0.5, 0.6) is 0 Å². The van der Waals surface area contributed by atoms with Gasteiger partial charge in [0.15, 0.2) is 5.60 Å². The number of aromatic nitrogens is 2. The Morgan fingerprint density at radius 3 is 2.44 bits per heavy atom. The highest BCUT2D eigenvalue weighted by atomic mass is 35.5. The highest BCUT2D eigenvalue weighted by Crippen LogP contribution is 2.42. The first-order valence-electron chi connectivity index (χ1n) is 10.2. The lowest BCUT2D eigenvalue weighted by Crippen LogP contribution is -2.35. The molecule has 0 aliphatic carbocycles. The van der Waals surface area contributed by atoms with Crippen molar-refractivity contribution in [2.75, 3.05) is 0 Å². The number of carbonyl (C=O) groups excluding carboxylic acids is 1. The Morgan fingerprint density at radius 2 is 1.69 bits per heavy atom. The quantitative estimate of drug-likeness (QED) is 0.311. The van der Waals surface area contributed by atoms with Gasteiger partial charge in [0.05, 0.1) is 12.0 Å². The minimum Gasteiger partial charge on any atom is -0.451 e. The normalized spacial score (nSPS) is 12.9. The molecule has 1 unspecified atom stereocenters. The molecule has 0 saturated heterocycles. The number of ether oxygens (including phenoxy) is 1. The number of imidazole rings is 1. The molecule has 3 aromatic carbocycles. The van der Waals surface area contributed by atoms with Crippen LogP contribution < -0.4 is 0 Å². The van der Waals surface area contributed by atoms with Crippen molar-refractivity contribution in [3.05, 3.63) is 111 Å². The minimum absolute atomic E-state index is 0.333. The van der Waals surface area contributed by atoms with Gasteiger partial charge in [-0.25, -0.2) is 4.98 Å². The lowest BCUT2D eigenvalue weighted by molar-refractivity contribution is -0.140. The van der Waals surface area contributed by atoms with Crippen LogP contribution in [0.2, 0.25) is 10.0 Å². The Labute approximate surface area is 197 Å². The molecule has 0 saturated carbocycles. The number of aromatic amines is 1. The molecule has 4 rings (SSSR count). The van der Waals surface area contributed by atoms with Gasteiger partial charge in [-0.1, -0.05) is 65.7 Å². The number of hydrogen-bond acceptors (Lipinski definition) is 3. The first-order chi connectivity index (χ1) is 15.4. The van der Waals surface area contributed by atoms with E-state index in [0.717, 1.165) is 39.2 Å². The standard InChI is InChI=1S/C26H22Cl2N2O2/c1-17-6-3-4-9-22(17)26(32-16-31,23-13-21(28)11-10-18(23)2)14-24-25(30-15-29-24)19-7-5-8-20(27)12-19/h3-13,15-16H,14H2,1-2H3,(H,29,30). The lowest BCUT2D eigenvalue weighted by Gasteiger charge is -2.35. The lowest BCUT2D eigenvalue weighted by atomic mass is 9.78. The molecule has 0 radical (unpaired) electrons. The monoisotopic (exact) mass is 464 g/mol. The van der Waals surface area contributed by atoms with E-state index in [1.165, 1.54) is 0 Å². The molecule has 0 spiro atoms. The number of nitrogens with zero attached hydrogens (tertiary/aromatic N) is 1. The third kappa shape index (κ3) is 4.16. The van der Waals surface area contributed by atoms with Gasteiger partial charge in [0.1, 0.15) is 0 Å². The van der Waals surface area contributed by atoms with Gasteiger partial charge in [0.2, 0.25) is 0 Å². The zero-order chi connectivity index (χ0) is 22.7. The van der Waals surface area contributed by atoms with Crippen molar-refractivity contribution in [1.82, 2.24) is 9.97 Å². The van der Waals surface area contributed by atoms with Gasteiger partial charge < -0.3 is 9.72 Å². The van der Waals surface area contributed by atoms with Gasteiger partial charge in [-0.05, 0) is 49.2 Å². The Morgan fingerprint density at radius 1 is 0.938 bits per heavy atom. The van der Waals surface area contributed by atoms with Crippen molar-refractivity contribution < 1.29 is 9.53 Å². The van der Waals surface area contributed by atoms with Gasteiger partial charge >= 0.3 is 0 Å². The van der Waals surface area contributed by atoms with E-state index in [4.69, 9.17) is 27.9 Å². The molecular weight excluding hydrogens is 443 g/mol. The van der Waals surface area contributed by atoms with Crippen LogP contribution in [0.1, 0.15) is 27.9 Å². The predicted molar refractivity (Wildman–Crippen MR) is 128 cm³/mol. The first-order valence-corrected chi connectivity index (χ1v) is 10.9. The number of nitrogens with one attached hydrogen (secondary N) is 1. The van der Waals surface area contributed by atoms with Crippen LogP contribution >= 0.6 is 23.2 Å². The number of H-pyrrole nitrogens is 1. The van der Waals surface area contributed by atoms with Crippen molar-refractivity contribution in [2.24, 2.45) is 0 Å². The number of rotatable bonds is 7. The maximum atomic E-state index is 11.9. The summed E-state index contributed by atoms with van der Waals surface area (Å²) in [7, 11) is 0. The molecule has 1 atom stereocenters. The third-order valence-electron chi connectivity index (χ3n) is 5.71. The first kappa shape index (κ1) is 22.1. The van der Waals surface area contributed by atoms with Crippen LogP contribution in [0.4, 0.5) is 0 Å². The number of benzene rings is 3. The molecule has 32 heavy (non-hydrogen) atoms. The van der Waals surface area contributed by atoms with Gasteiger partial charge in [-0.2, -0.15) is 0 Å². The van der Waals surface area contributed by atoms with Gasteiger partial charge in [-0.15, -0.1) is 0 Å². The van der Waals surface area contributed by atoms with Crippen molar-refractivity contribution >= 4 is 29.7 Å². The summed E-state index contributed by atoms with van der Waals surface area (Å²) in [6.07, 6.45) is 1.97. The summed E-state index contributed by atoms with van der Waals surface area (Å²) in [5, 5.41) is 1.19. The Hall–Kier alpha value is -3.08. The fourth-order valence-corrected chi connectivity index (χ4v) is 4.59. The predicted octanol–water partition coefficient (Wildman–Crippen LogP) is 6.66. The average molecular weight is 465 g/mol. The van der Waals surface area contributed by atoms with Gasteiger partial charge in [-0.3, -0.25) is 4.79 Å². The molecule has 0 aliphatic rings. The van der Waals surface area contributed by atoms with Crippen LogP contribution in [0.3, 0.4) is 0 Å². The number of hydrogen-bond donors (Lipinski definition) is 1. The van der Waals surface area contributed by atoms with Crippen LogP contribution in [-0.2, 0) is 21.6 Å². The van der Waals surface area contributed by atoms with E-state index < -0.39 is 5.60 Å². The number of halogens is 2. The fraction of sp³-hybridized carbons (Fsp3) is 0.154. The van der Waals surface area contributed by atoms with E-state index in [1.54, 1.807) is 6.33 Å². The molecule has 4 aromatic rings. The van der Waals surface area contributed by atoms with Gasteiger partial charge in [0.25, 0.3) is 6.47 Å². The second-order valence-corrected chi connectivity index (χ2v) is 8.60. The second kappa shape index (κ2) is 9.19. The Bertz CT molecular complexity index is 1270. The van der Waals surface area contributed by atoms with E-state index >= 15 is 0 Å². The highest BCUT2D eigenvalue weighted by Gasteiger charge is 2.40. The highest BCUT2D eigenvalue weighted by molar-refractivity contribution is 6.31. The summed E-state index contributed by atoms with van der Waals surface area (Å²) in [5.74, 6) is 0. The molecule has 0 amide bonds. The molecule has 1 aromatic heterocycles. The van der Waals surface area contributed by atoms with E-state index in [1.807, 2.05) is 80.6 Å². The molecule has 0 bridgehead atoms. The molecule has 162 valence electrons. The largest absolute Gasteiger partial charge is 0.451 e. The second-order valence-electron chi connectivity index (χ2n) is 7.73. The SMILES string of the molecule is Cc1ccccc1C(Cc1[nH]cnc1-c1cccc(Cl)c1)(OC=O)c1cc(Cl)ccc1C. The van der Waals surface area contributed by atoms with Crippen LogP contribution in [0.25, 0.3) is 11.3 Å². The zero-order valence-electron chi connectivity index (χ0n) is 17.7. The minimum atomic E-state index is -1.11. The smallest absolute Gasteiger partial charge is 0.294 e. The number of carbonyl (C=O) groups is 1. The van der Waals surface area contributed by atoms with Crippen LogP contribution in [0.15, 0.2) is 73.1 Å². The Kier molecular flexibility index (Phi) is 6.35. The van der Waals surface area contributed by atoms with Crippen LogP contribution in [0, 0.1) is 13.8 Å². The molecule has 0 fully saturated rings. The summed E-state index contributed by atoms with van der Waals surface area (Å²) in [4.78, 5) is 19.7. The van der Waals surface area contributed by atoms with Crippen molar-refractivity contribution in [3.8, 4) is 11.3 Å². The Balaban J connectivity index is 1.96. The van der Waals surface area contributed by atoms with Crippen molar-refractivity contribution in [1.29, 1.82) is 0 Å². The molecule has 1 heterocycles. The average Bonchev–Trinajstić information content (AvgIpc) is 3.23. The van der Waals surface area contributed by atoms with Crippen molar-refractivity contribution in [2.45, 2.75) is 25.9 Å². The topological polar surface area (TPSA) is 55.0 Å². The summed E-state index contributed by atoms with van der Waals surface area (Å²) >= 11 is 12.6. The van der Waals surface area contributed by atoms with E-state index in [-0.39, 0.29) is 0 Å². The zero-order valence-corrected chi connectivity index (χ0v) is 19.2. The van der Waals surface area contributed by atoms with E-state index in [2.05, 4.69) is 9.97 Å². The van der Waals surface area contributed by atoms with E-state index in [0.29, 0.717) is 22.9 Å². The summed E-state index contributed by atoms with van der Waals surface area (Å²) in [6.45, 7) is 4.49. The fourth-order valence-electron chi connectivity index (χ4n) is 4.23. The maximum absolute atomic E-state index is 11.9. The molecule has 1 N–H and O–H groups in total. The maximum Gasteiger partial charge on any atom is 0.294 e. The molecule has 0 aliphatic heterocycles. The summed E-state index contributed by atoms with van der Waals surface area (Å²) < 4.78 is 5.99. The van der Waals surface area contributed by atoms with Crippen LogP contribution in [-0.4, -0.2) is 16.4 Å².